The van der Waals surface area contributed by atoms with Gasteiger partial charge in [0, 0.05) is 11.0 Å². The second-order valence-corrected chi connectivity index (χ2v) is 5.03. The van der Waals surface area contributed by atoms with E-state index in [1.165, 1.54) is 0 Å². The number of alkyl halides is 1. The van der Waals surface area contributed by atoms with Gasteiger partial charge in [0.2, 0.25) is 5.91 Å². The van der Waals surface area contributed by atoms with Crippen LogP contribution in [0.4, 0.5) is 0 Å². The van der Waals surface area contributed by atoms with Crippen LogP contribution in [0.5, 0.6) is 0 Å². The van der Waals surface area contributed by atoms with Crippen LogP contribution in [-0.4, -0.2) is 12.5 Å². The van der Waals surface area contributed by atoms with E-state index in [0.29, 0.717) is 11.6 Å². The Morgan fingerprint density at radius 3 is 2.81 bits per heavy atom. The zero-order chi connectivity index (χ0) is 12.1. The average molecular weight is 325 g/mol. The highest BCUT2D eigenvalue weighted by atomic mass is 79.9. The van der Waals surface area contributed by atoms with Crippen LogP contribution in [0, 0.1) is 0 Å². The molecule has 1 N–H and O–H groups in total. The number of carbonyl (C=O) groups excluding carboxylic acids is 1. The first-order chi connectivity index (χ1) is 7.56. The van der Waals surface area contributed by atoms with Crippen molar-refractivity contribution in [3.8, 4) is 0 Å². The molecular formula is C11H12BrCl2NO. The monoisotopic (exact) mass is 323 g/mol. The fourth-order valence-corrected chi connectivity index (χ4v) is 1.89. The molecule has 0 aliphatic heterocycles. The normalized spacial score (nSPS) is 12.2. The summed E-state index contributed by atoms with van der Waals surface area (Å²) < 4.78 is 0.737. The molecular weight excluding hydrogens is 313 g/mol. The molecule has 0 radical (unpaired) electrons. The van der Waals surface area contributed by atoms with E-state index in [0.717, 1.165) is 16.5 Å². The summed E-state index contributed by atoms with van der Waals surface area (Å²) in [4.78, 5) is 11.6. The van der Waals surface area contributed by atoms with Crippen LogP contribution >= 0.6 is 39.1 Å². The predicted molar refractivity (Wildman–Crippen MR) is 71.0 cm³/mol. The van der Waals surface area contributed by atoms with Crippen molar-refractivity contribution in [1.29, 1.82) is 0 Å². The van der Waals surface area contributed by atoms with E-state index >= 15 is 0 Å². The quantitative estimate of drug-likeness (QED) is 0.836. The van der Waals surface area contributed by atoms with Crippen molar-refractivity contribution in [2.24, 2.45) is 0 Å². The molecule has 0 aliphatic rings. The lowest BCUT2D eigenvalue weighted by molar-refractivity contribution is -0.120. The molecule has 0 aromatic heterocycles. The van der Waals surface area contributed by atoms with E-state index in [1.807, 2.05) is 6.92 Å². The van der Waals surface area contributed by atoms with Crippen LogP contribution in [0.2, 0.25) is 5.02 Å². The highest BCUT2D eigenvalue weighted by molar-refractivity contribution is 9.10. The molecule has 0 spiro atoms. The van der Waals surface area contributed by atoms with Gasteiger partial charge in [-0.05, 0) is 40.0 Å². The molecule has 16 heavy (non-hydrogen) atoms. The number of carbonyl (C=O) groups is 1. The minimum Gasteiger partial charge on any atom is -0.355 e. The molecule has 1 unspecified atom stereocenters. The topological polar surface area (TPSA) is 29.1 Å². The predicted octanol–water partition coefficient (Wildman–Crippen LogP) is 3.91. The Hall–Kier alpha value is -0.250. The Bertz CT molecular complexity index is 384. The lowest BCUT2D eigenvalue weighted by atomic mass is 10.1. The SMILES string of the molecule is CCCNC(=O)C(Cl)c1ccc(Cl)c(Br)c1. The van der Waals surface area contributed by atoms with Gasteiger partial charge in [-0.2, -0.15) is 0 Å². The van der Waals surface area contributed by atoms with Crippen LogP contribution in [0.25, 0.3) is 0 Å². The lowest BCUT2D eigenvalue weighted by Gasteiger charge is -2.11. The molecule has 88 valence electrons. The van der Waals surface area contributed by atoms with E-state index in [9.17, 15) is 4.79 Å². The smallest absolute Gasteiger partial charge is 0.242 e. The van der Waals surface area contributed by atoms with Crippen molar-refractivity contribution in [2.75, 3.05) is 6.54 Å². The minimum absolute atomic E-state index is 0.183. The molecule has 0 heterocycles. The highest BCUT2D eigenvalue weighted by Crippen LogP contribution is 2.28. The highest BCUT2D eigenvalue weighted by Gasteiger charge is 2.17. The molecule has 2 nitrogen and oxygen atoms in total. The van der Waals surface area contributed by atoms with Gasteiger partial charge in [0.15, 0.2) is 0 Å². The van der Waals surface area contributed by atoms with Gasteiger partial charge in [0.05, 0.1) is 5.02 Å². The molecule has 0 fully saturated rings. The fraction of sp³-hybridized carbons (Fsp3) is 0.364. The van der Waals surface area contributed by atoms with Gasteiger partial charge in [0.1, 0.15) is 5.38 Å². The summed E-state index contributed by atoms with van der Waals surface area (Å²) in [5.74, 6) is -0.183. The number of benzene rings is 1. The summed E-state index contributed by atoms with van der Waals surface area (Å²) in [6.45, 7) is 2.62. The summed E-state index contributed by atoms with van der Waals surface area (Å²) in [7, 11) is 0. The third kappa shape index (κ3) is 3.65. The molecule has 1 aromatic rings. The van der Waals surface area contributed by atoms with E-state index in [4.69, 9.17) is 23.2 Å². The number of rotatable bonds is 4. The molecule has 1 rings (SSSR count). The van der Waals surface area contributed by atoms with Crippen molar-refractivity contribution in [3.05, 3.63) is 33.3 Å². The van der Waals surface area contributed by atoms with E-state index in [2.05, 4.69) is 21.2 Å². The van der Waals surface area contributed by atoms with Gasteiger partial charge >= 0.3 is 0 Å². The summed E-state index contributed by atoms with van der Waals surface area (Å²) in [6.07, 6.45) is 0.889. The van der Waals surface area contributed by atoms with Crippen molar-refractivity contribution in [1.82, 2.24) is 5.32 Å². The summed E-state index contributed by atoms with van der Waals surface area (Å²) in [6, 6.07) is 5.21. The van der Waals surface area contributed by atoms with Gasteiger partial charge in [-0.1, -0.05) is 24.6 Å². The van der Waals surface area contributed by atoms with Crippen molar-refractivity contribution in [3.63, 3.8) is 0 Å². The molecule has 1 aromatic carbocycles. The standard InChI is InChI=1S/C11H12BrCl2NO/c1-2-5-15-11(16)10(14)7-3-4-9(13)8(12)6-7/h3-4,6,10H,2,5H2,1H3,(H,15,16). The van der Waals surface area contributed by atoms with E-state index in [-0.39, 0.29) is 5.91 Å². The van der Waals surface area contributed by atoms with Gasteiger partial charge in [-0.3, -0.25) is 4.79 Å². The molecule has 1 amide bonds. The van der Waals surface area contributed by atoms with Crippen LogP contribution in [0.15, 0.2) is 22.7 Å². The number of nitrogens with one attached hydrogen (secondary N) is 1. The largest absolute Gasteiger partial charge is 0.355 e. The Balaban J connectivity index is 2.75. The maximum Gasteiger partial charge on any atom is 0.242 e. The summed E-state index contributed by atoms with van der Waals surface area (Å²) >= 11 is 15.2. The van der Waals surface area contributed by atoms with Gasteiger partial charge < -0.3 is 5.32 Å². The first kappa shape index (κ1) is 13.8. The number of halogens is 3. The van der Waals surface area contributed by atoms with Crippen molar-refractivity contribution in [2.45, 2.75) is 18.7 Å². The van der Waals surface area contributed by atoms with Crippen LogP contribution < -0.4 is 5.32 Å². The Labute approximate surface area is 113 Å². The Morgan fingerprint density at radius 1 is 1.56 bits per heavy atom. The maximum absolute atomic E-state index is 11.6. The second-order valence-electron chi connectivity index (χ2n) is 3.33. The first-order valence-corrected chi connectivity index (χ1v) is 6.53. The van der Waals surface area contributed by atoms with Crippen LogP contribution in [-0.2, 0) is 4.79 Å². The number of hydrogen-bond donors (Lipinski definition) is 1. The maximum atomic E-state index is 11.6. The Kier molecular flexibility index (Phi) is 5.59. The average Bonchev–Trinajstić information content (AvgIpc) is 2.28. The number of hydrogen-bond acceptors (Lipinski definition) is 1. The summed E-state index contributed by atoms with van der Waals surface area (Å²) in [5.41, 5.74) is 0.728. The third-order valence-electron chi connectivity index (χ3n) is 2.02. The van der Waals surface area contributed by atoms with E-state index in [1.54, 1.807) is 18.2 Å². The van der Waals surface area contributed by atoms with Crippen LogP contribution in [0.3, 0.4) is 0 Å². The summed E-state index contributed by atoms with van der Waals surface area (Å²) in [5, 5.41) is 2.66. The van der Waals surface area contributed by atoms with Crippen LogP contribution in [0.1, 0.15) is 24.3 Å². The zero-order valence-electron chi connectivity index (χ0n) is 8.77. The fourth-order valence-electron chi connectivity index (χ4n) is 1.16. The molecule has 0 bridgehead atoms. The molecule has 0 saturated heterocycles. The zero-order valence-corrected chi connectivity index (χ0v) is 11.9. The van der Waals surface area contributed by atoms with Gasteiger partial charge in [0.25, 0.3) is 0 Å². The number of amides is 1. The van der Waals surface area contributed by atoms with Crippen molar-refractivity contribution < 1.29 is 4.79 Å². The first-order valence-electron chi connectivity index (χ1n) is 4.93. The van der Waals surface area contributed by atoms with Crippen molar-refractivity contribution >= 4 is 45.0 Å². The molecule has 1 atom stereocenters. The van der Waals surface area contributed by atoms with Gasteiger partial charge in [-0.25, -0.2) is 0 Å². The third-order valence-corrected chi connectivity index (χ3v) is 3.68. The van der Waals surface area contributed by atoms with Gasteiger partial charge in [-0.15, -0.1) is 11.6 Å². The minimum atomic E-state index is -0.680. The molecule has 0 aliphatic carbocycles. The molecule has 5 heteroatoms. The molecule has 0 saturated carbocycles. The lowest BCUT2D eigenvalue weighted by Crippen LogP contribution is -2.27. The van der Waals surface area contributed by atoms with E-state index < -0.39 is 5.38 Å². The second kappa shape index (κ2) is 6.48. The Morgan fingerprint density at radius 2 is 2.25 bits per heavy atom.